The topological polar surface area (TPSA) is 50.3 Å². The number of ether oxygens (including phenoxy) is 1. The molecule has 0 spiro atoms. The second kappa shape index (κ2) is 7.50. The van der Waals surface area contributed by atoms with Crippen molar-refractivity contribution in [2.24, 2.45) is 0 Å². The van der Waals surface area contributed by atoms with E-state index in [1.54, 1.807) is 18.4 Å². The predicted molar refractivity (Wildman–Crippen MR) is 109 cm³/mol. The summed E-state index contributed by atoms with van der Waals surface area (Å²) in [6, 6.07) is 10.6. The van der Waals surface area contributed by atoms with Gasteiger partial charge in [-0.1, -0.05) is 19.3 Å². The van der Waals surface area contributed by atoms with Gasteiger partial charge in [-0.2, -0.15) is 4.98 Å². The summed E-state index contributed by atoms with van der Waals surface area (Å²) < 4.78 is 6.37. The van der Waals surface area contributed by atoms with Gasteiger partial charge in [0, 0.05) is 18.8 Å². The number of aromatic nitrogens is 2. The molecule has 1 fully saturated rings. The summed E-state index contributed by atoms with van der Waals surface area (Å²) >= 11 is 1.68. The van der Waals surface area contributed by atoms with Crippen LogP contribution >= 0.6 is 11.3 Å². The molecule has 26 heavy (non-hydrogen) atoms. The highest BCUT2D eigenvalue weighted by Crippen LogP contribution is 2.34. The van der Waals surface area contributed by atoms with Gasteiger partial charge in [0.2, 0.25) is 5.95 Å². The van der Waals surface area contributed by atoms with E-state index in [-0.39, 0.29) is 0 Å². The minimum absolute atomic E-state index is 0.485. The van der Waals surface area contributed by atoms with Gasteiger partial charge in [-0.05, 0) is 48.6 Å². The third-order valence-electron chi connectivity index (χ3n) is 5.00. The van der Waals surface area contributed by atoms with Gasteiger partial charge in [0.1, 0.15) is 5.75 Å². The Hall–Kier alpha value is -2.34. The first kappa shape index (κ1) is 17.1. The summed E-state index contributed by atoms with van der Waals surface area (Å²) in [5.41, 5.74) is 2.07. The van der Waals surface area contributed by atoms with Crippen LogP contribution < -0.4 is 15.0 Å². The zero-order valence-electron chi connectivity index (χ0n) is 15.2. The first-order chi connectivity index (χ1) is 12.7. The second-order valence-electron chi connectivity index (χ2n) is 6.74. The molecule has 1 N–H and O–H groups in total. The minimum Gasteiger partial charge on any atom is -0.497 e. The van der Waals surface area contributed by atoms with E-state index in [1.807, 2.05) is 19.2 Å². The van der Waals surface area contributed by atoms with Gasteiger partial charge in [0.15, 0.2) is 5.82 Å². The minimum atomic E-state index is 0.485. The van der Waals surface area contributed by atoms with Crippen LogP contribution in [0.1, 0.15) is 32.1 Å². The first-order valence-electron chi connectivity index (χ1n) is 9.14. The molecule has 1 aliphatic rings. The van der Waals surface area contributed by atoms with E-state index in [0.29, 0.717) is 6.04 Å². The van der Waals surface area contributed by atoms with E-state index in [2.05, 4.69) is 33.8 Å². The van der Waals surface area contributed by atoms with Gasteiger partial charge in [0.25, 0.3) is 0 Å². The molecule has 0 bridgehead atoms. The van der Waals surface area contributed by atoms with Crippen LogP contribution in [0.4, 0.5) is 17.5 Å². The van der Waals surface area contributed by atoms with Crippen LogP contribution in [0, 0.1) is 0 Å². The average Bonchev–Trinajstić information content (AvgIpc) is 3.16. The lowest BCUT2D eigenvalue weighted by molar-refractivity contribution is 0.415. The number of hydrogen-bond acceptors (Lipinski definition) is 6. The molecule has 0 saturated heterocycles. The van der Waals surface area contributed by atoms with E-state index in [1.165, 1.54) is 32.1 Å². The molecule has 2 aromatic heterocycles. The van der Waals surface area contributed by atoms with Crippen LogP contribution in [0.3, 0.4) is 0 Å². The second-order valence-corrected chi connectivity index (χ2v) is 7.66. The largest absolute Gasteiger partial charge is 0.497 e. The number of hydrogen-bond donors (Lipinski definition) is 1. The SMILES string of the molecule is COc1ccc(N(C)c2nc(NC3CCCCC3)nc3ccsc23)cc1. The molecule has 1 aliphatic carbocycles. The number of anilines is 3. The lowest BCUT2D eigenvalue weighted by atomic mass is 9.96. The maximum atomic E-state index is 5.26. The van der Waals surface area contributed by atoms with Crippen LogP contribution in [0.2, 0.25) is 0 Å². The first-order valence-corrected chi connectivity index (χ1v) is 10.0. The van der Waals surface area contributed by atoms with Crippen molar-refractivity contribution in [2.75, 3.05) is 24.4 Å². The number of rotatable bonds is 5. The number of fused-ring (bicyclic) bond motifs is 1. The quantitative estimate of drug-likeness (QED) is 0.670. The highest BCUT2D eigenvalue weighted by atomic mass is 32.1. The Balaban J connectivity index is 1.66. The van der Waals surface area contributed by atoms with Crippen LogP contribution in [0.25, 0.3) is 10.2 Å². The molecule has 136 valence electrons. The van der Waals surface area contributed by atoms with E-state index >= 15 is 0 Å². The molecule has 0 aliphatic heterocycles. The molecular formula is C20H24N4OS. The Bertz CT molecular complexity index is 871. The molecule has 0 amide bonds. The van der Waals surface area contributed by atoms with Crippen molar-refractivity contribution < 1.29 is 4.74 Å². The molecule has 0 atom stereocenters. The third kappa shape index (κ3) is 3.46. The Kier molecular flexibility index (Phi) is 4.93. The van der Waals surface area contributed by atoms with Crippen molar-refractivity contribution in [3.63, 3.8) is 0 Å². The standard InChI is InChI=1S/C20H24N4OS/c1-24(15-8-10-16(25-2)11-9-15)19-18-17(12-13-26-18)22-20(23-19)21-14-6-4-3-5-7-14/h8-14H,3-7H2,1-2H3,(H,21,22,23). The molecule has 1 aromatic carbocycles. The summed E-state index contributed by atoms with van der Waals surface area (Å²) in [6.07, 6.45) is 6.32. The van der Waals surface area contributed by atoms with Crippen LogP contribution in [0.15, 0.2) is 35.7 Å². The van der Waals surface area contributed by atoms with Gasteiger partial charge in [-0.25, -0.2) is 4.98 Å². The fourth-order valence-electron chi connectivity index (χ4n) is 3.50. The highest BCUT2D eigenvalue weighted by Gasteiger charge is 2.18. The van der Waals surface area contributed by atoms with E-state index in [0.717, 1.165) is 33.4 Å². The molecule has 2 heterocycles. The van der Waals surface area contributed by atoms with Gasteiger partial charge < -0.3 is 15.0 Å². The van der Waals surface area contributed by atoms with Gasteiger partial charge >= 0.3 is 0 Å². The zero-order chi connectivity index (χ0) is 17.9. The van der Waals surface area contributed by atoms with Crippen LogP contribution in [0.5, 0.6) is 5.75 Å². The smallest absolute Gasteiger partial charge is 0.225 e. The zero-order valence-corrected chi connectivity index (χ0v) is 16.1. The van der Waals surface area contributed by atoms with E-state index in [9.17, 15) is 0 Å². The Morgan fingerprint density at radius 2 is 1.85 bits per heavy atom. The Labute approximate surface area is 158 Å². The summed E-state index contributed by atoms with van der Waals surface area (Å²) in [5.74, 6) is 2.53. The van der Waals surface area contributed by atoms with E-state index in [4.69, 9.17) is 14.7 Å². The summed E-state index contributed by atoms with van der Waals surface area (Å²) in [5, 5.41) is 5.64. The monoisotopic (exact) mass is 368 g/mol. The predicted octanol–water partition coefficient (Wildman–Crippen LogP) is 5.21. The van der Waals surface area contributed by atoms with Crippen molar-refractivity contribution in [2.45, 2.75) is 38.1 Å². The summed E-state index contributed by atoms with van der Waals surface area (Å²) in [7, 11) is 3.73. The number of nitrogens with one attached hydrogen (secondary N) is 1. The lowest BCUT2D eigenvalue weighted by Gasteiger charge is -2.24. The molecule has 6 heteroatoms. The molecule has 0 unspecified atom stereocenters. The fourth-order valence-corrected chi connectivity index (χ4v) is 4.35. The Morgan fingerprint density at radius 1 is 1.08 bits per heavy atom. The fraction of sp³-hybridized carbons (Fsp3) is 0.400. The maximum absolute atomic E-state index is 5.26. The number of benzene rings is 1. The molecule has 3 aromatic rings. The van der Waals surface area contributed by atoms with E-state index < -0.39 is 0 Å². The van der Waals surface area contributed by atoms with Crippen molar-refractivity contribution in [1.29, 1.82) is 0 Å². The van der Waals surface area contributed by atoms with Gasteiger partial charge in [-0.15, -0.1) is 11.3 Å². The van der Waals surface area contributed by atoms with Crippen LogP contribution in [-0.4, -0.2) is 30.2 Å². The van der Waals surface area contributed by atoms with Crippen molar-refractivity contribution in [1.82, 2.24) is 9.97 Å². The number of nitrogens with zero attached hydrogens (tertiary/aromatic N) is 3. The van der Waals surface area contributed by atoms with Crippen molar-refractivity contribution in [3.8, 4) is 5.75 Å². The normalized spacial score (nSPS) is 15.2. The van der Waals surface area contributed by atoms with Gasteiger partial charge in [-0.3, -0.25) is 0 Å². The number of thiophene rings is 1. The van der Waals surface area contributed by atoms with Crippen molar-refractivity contribution >= 4 is 39.0 Å². The lowest BCUT2D eigenvalue weighted by Crippen LogP contribution is -2.24. The third-order valence-corrected chi connectivity index (χ3v) is 5.90. The Morgan fingerprint density at radius 3 is 2.58 bits per heavy atom. The highest BCUT2D eigenvalue weighted by molar-refractivity contribution is 7.17. The summed E-state index contributed by atoms with van der Waals surface area (Å²) in [4.78, 5) is 11.7. The van der Waals surface area contributed by atoms with Crippen LogP contribution in [-0.2, 0) is 0 Å². The molecule has 4 rings (SSSR count). The maximum Gasteiger partial charge on any atom is 0.225 e. The molecular weight excluding hydrogens is 344 g/mol. The average molecular weight is 369 g/mol. The molecule has 5 nitrogen and oxygen atoms in total. The summed E-state index contributed by atoms with van der Waals surface area (Å²) in [6.45, 7) is 0. The van der Waals surface area contributed by atoms with Gasteiger partial charge in [0.05, 0.1) is 17.3 Å². The molecule has 0 radical (unpaired) electrons. The number of methoxy groups -OCH3 is 1. The van der Waals surface area contributed by atoms with Crippen molar-refractivity contribution in [3.05, 3.63) is 35.7 Å². The molecule has 1 saturated carbocycles.